The highest BCUT2D eigenvalue weighted by Crippen LogP contribution is 2.22. The van der Waals surface area contributed by atoms with Gasteiger partial charge in [0.2, 0.25) is 5.91 Å². The predicted molar refractivity (Wildman–Crippen MR) is 63.2 cm³/mol. The van der Waals surface area contributed by atoms with Crippen molar-refractivity contribution < 1.29 is 16.1 Å². The highest BCUT2D eigenvalue weighted by molar-refractivity contribution is 5.78. The van der Waals surface area contributed by atoms with E-state index in [1.807, 2.05) is 0 Å². The van der Waals surface area contributed by atoms with Crippen LogP contribution in [0.25, 0.3) is 0 Å². The van der Waals surface area contributed by atoms with Crippen LogP contribution in [-0.4, -0.2) is 23.5 Å². The van der Waals surface area contributed by atoms with Crippen LogP contribution in [0, 0.1) is 5.92 Å². The van der Waals surface area contributed by atoms with Crippen molar-refractivity contribution in [3.05, 3.63) is 0 Å². The van der Waals surface area contributed by atoms with Gasteiger partial charge >= 0.3 is 5.97 Å². The Morgan fingerprint density at radius 1 is 1.19 bits per heavy atom. The van der Waals surface area contributed by atoms with Gasteiger partial charge in [0.05, 0.1) is 0 Å². The van der Waals surface area contributed by atoms with Crippen molar-refractivity contribution in [2.45, 2.75) is 51.4 Å². The Bertz CT molecular complexity index is 238. The number of rotatable bonds is 5. The van der Waals surface area contributed by atoms with Crippen molar-refractivity contribution in [1.82, 2.24) is 5.32 Å². The van der Waals surface area contributed by atoms with Gasteiger partial charge in [-0.3, -0.25) is 9.59 Å². The second-order valence-electron chi connectivity index (χ2n) is 4.48. The van der Waals surface area contributed by atoms with Crippen molar-refractivity contribution in [2.75, 3.05) is 6.54 Å². The molecule has 0 bridgehead atoms. The van der Waals surface area contributed by atoms with Crippen LogP contribution >= 0.6 is 0 Å². The molecule has 1 rings (SSSR count). The first-order valence-electron chi connectivity index (χ1n) is 6.19. The van der Waals surface area contributed by atoms with Crippen LogP contribution in [0.2, 0.25) is 0 Å². The first-order chi connectivity index (χ1) is 7.70. The van der Waals surface area contributed by atoms with Gasteiger partial charge in [-0.2, -0.15) is 0 Å². The van der Waals surface area contributed by atoms with Crippen LogP contribution in [0.15, 0.2) is 0 Å². The maximum atomic E-state index is 11.7. The van der Waals surface area contributed by atoms with Gasteiger partial charge in [0.15, 0.2) is 0 Å². The van der Waals surface area contributed by atoms with Crippen LogP contribution in [0.4, 0.5) is 0 Å². The number of carbonyl (C=O) groups is 2. The van der Waals surface area contributed by atoms with Crippen molar-refractivity contribution in [2.24, 2.45) is 5.92 Å². The lowest BCUT2D eigenvalue weighted by molar-refractivity contribution is -0.137. The van der Waals surface area contributed by atoms with Gasteiger partial charge in [0.25, 0.3) is 0 Å². The molecular formula is C12H23NO3. The highest BCUT2D eigenvalue weighted by atomic mass is 16.4. The SMILES string of the molecule is O=C(O)CCCNC(=O)C1CCCCCC1.[HH]. The van der Waals surface area contributed by atoms with Crippen molar-refractivity contribution in [3.63, 3.8) is 0 Å². The van der Waals surface area contributed by atoms with Crippen LogP contribution in [0.1, 0.15) is 52.8 Å². The first-order valence-corrected chi connectivity index (χ1v) is 6.19. The lowest BCUT2D eigenvalue weighted by atomic mass is 9.99. The average Bonchev–Trinajstić information content (AvgIpc) is 2.52. The molecular weight excluding hydrogens is 206 g/mol. The van der Waals surface area contributed by atoms with E-state index in [4.69, 9.17) is 5.11 Å². The van der Waals surface area contributed by atoms with E-state index in [0.29, 0.717) is 13.0 Å². The Morgan fingerprint density at radius 3 is 2.38 bits per heavy atom. The van der Waals surface area contributed by atoms with Crippen LogP contribution in [-0.2, 0) is 9.59 Å². The molecule has 16 heavy (non-hydrogen) atoms. The molecule has 0 spiro atoms. The number of hydrogen-bond donors (Lipinski definition) is 2. The lowest BCUT2D eigenvalue weighted by Gasteiger charge is -2.13. The summed E-state index contributed by atoms with van der Waals surface area (Å²) in [6.07, 6.45) is 7.40. The molecule has 0 aromatic heterocycles. The maximum absolute atomic E-state index is 11.7. The normalized spacial score (nSPS) is 17.8. The third-order valence-corrected chi connectivity index (χ3v) is 3.09. The van der Waals surface area contributed by atoms with Crippen LogP contribution < -0.4 is 5.32 Å². The summed E-state index contributed by atoms with van der Waals surface area (Å²) in [5.74, 6) is -0.525. The number of amides is 1. The van der Waals surface area contributed by atoms with E-state index in [0.717, 1.165) is 25.7 Å². The summed E-state index contributed by atoms with van der Waals surface area (Å²) in [6.45, 7) is 0.488. The molecule has 1 saturated carbocycles. The molecule has 1 fully saturated rings. The molecule has 0 unspecified atom stereocenters. The zero-order chi connectivity index (χ0) is 11.8. The van der Waals surface area contributed by atoms with Crippen LogP contribution in [0.3, 0.4) is 0 Å². The summed E-state index contributed by atoms with van der Waals surface area (Å²) in [6, 6.07) is 0. The fraction of sp³-hybridized carbons (Fsp3) is 0.833. The average molecular weight is 229 g/mol. The molecule has 0 aromatic rings. The minimum atomic E-state index is -0.802. The minimum absolute atomic E-state index is 0. The van der Waals surface area contributed by atoms with E-state index in [1.165, 1.54) is 12.8 Å². The van der Waals surface area contributed by atoms with E-state index in [2.05, 4.69) is 5.32 Å². The molecule has 0 atom stereocenters. The molecule has 0 aliphatic heterocycles. The highest BCUT2D eigenvalue weighted by Gasteiger charge is 2.19. The fourth-order valence-electron chi connectivity index (χ4n) is 2.14. The van der Waals surface area contributed by atoms with Gasteiger partial charge in [0, 0.05) is 20.3 Å². The summed E-state index contributed by atoms with van der Waals surface area (Å²) in [5, 5.41) is 11.3. The molecule has 4 nitrogen and oxygen atoms in total. The number of aliphatic carboxylic acids is 1. The molecule has 0 heterocycles. The van der Waals surface area contributed by atoms with Gasteiger partial charge in [0.1, 0.15) is 0 Å². The zero-order valence-electron chi connectivity index (χ0n) is 9.71. The molecule has 0 radical (unpaired) electrons. The molecule has 4 heteroatoms. The van der Waals surface area contributed by atoms with Crippen LogP contribution in [0.5, 0.6) is 0 Å². The topological polar surface area (TPSA) is 66.4 Å². The fourth-order valence-corrected chi connectivity index (χ4v) is 2.14. The Hall–Kier alpha value is -1.06. The molecule has 94 valence electrons. The Kier molecular flexibility index (Phi) is 5.90. The van der Waals surface area contributed by atoms with E-state index < -0.39 is 5.97 Å². The largest absolute Gasteiger partial charge is 0.481 e. The van der Waals surface area contributed by atoms with E-state index >= 15 is 0 Å². The summed E-state index contributed by atoms with van der Waals surface area (Å²) in [7, 11) is 0. The third kappa shape index (κ3) is 5.14. The number of carboxylic acids is 1. The predicted octanol–water partition coefficient (Wildman–Crippen LogP) is 2.18. The van der Waals surface area contributed by atoms with Crippen molar-refractivity contribution >= 4 is 11.9 Å². The second kappa shape index (κ2) is 7.25. The molecule has 0 aromatic carbocycles. The second-order valence-corrected chi connectivity index (χ2v) is 4.48. The van der Waals surface area contributed by atoms with Gasteiger partial charge in [-0.15, -0.1) is 0 Å². The van der Waals surface area contributed by atoms with Gasteiger partial charge in [-0.25, -0.2) is 0 Å². The molecule has 1 aliphatic rings. The number of carboxylic acid groups (broad SMARTS) is 1. The monoisotopic (exact) mass is 229 g/mol. The zero-order valence-corrected chi connectivity index (χ0v) is 9.71. The Morgan fingerprint density at radius 2 is 1.81 bits per heavy atom. The van der Waals surface area contributed by atoms with Gasteiger partial charge < -0.3 is 10.4 Å². The number of carbonyl (C=O) groups excluding carboxylic acids is 1. The van der Waals surface area contributed by atoms with Crippen molar-refractivity contribution in [1.29, 1.82) is 0 Å². The smallest absolute Gasteiger partial charge is 0.303 e. The Balaban J connectivity index is 0.00000256. The van der Waals surface area contributed by atoms with E-state index in [-0.39, 0.29) is 19.7 Å². The Labute approximate surface area is 97.9 Å². The molecule has 0 saturated heterocycles. The molecule has 1 aliphatic carbocycles. The summed E-state index contributed by atoms with van der Waals surface area (Å²) in [4.78, 5) is 22.0. The minimum Gasteiger partial charge on any atom is -0.481 e. The quantitative estimate of drug-likeness (QED) is 0.561. The standard InChI is InChI=1S/C12H21NO3.H2/c14-11(15)8-5-9-13-12(16)10-6-3-1-2-4-7-10;/h10H,1-9H2,(H,13,16)(H,14,15);1H. The third-order valence-electron chi connectivity index (χ3n) is 3.09. The maximum Gasteiger partial charge on any atom is 0.303 e. The van der Waals surface area contributed by atoms with Crippen molar-refractivity contribution in [3.8, 4) is 0 Å². The number of nitrogens with one attached hydrogen (secondary N) is 1. The van der Waals surface area contributed by atoms with Gasteiger partial charge in [-0.1, -0.05) is 25.7 Å². The molecule has 2 N–H and O–H groups in total. The summed E-state index contributed by atoms with van der Waals surface area (Å²) < 4.78 is 0. The lowest BCUT2D eigenvalue weighted by Crippen LogP contribution is -2.31. The summed E-state index contributed by atoms with van der Waals surface area (Å²) in [5.41, 5.74) is 0. The van der Waals surface area contributed by atoms with Gasteiger partial charge in [-0.05, 0) is 19.3 Å². The van der Waals surface area contributed by atoms with E-state index in [1.54, 1.807) is 0 Å². The molecule has 1 amide bonds. The number of hydrogen-bond acceptors (Lipinski definition) is 2. The summed E-state index contributed by atoms with van der Waals surface area (Å²) >= 11 is 0. The first kappa shape index (κ1) is 13.0. The van der Waals surface area contributed by atoms with E-state index in [9.17, 15) is 9.59 Å².